The van der Waals surface area contributed by atoms with Crippen LogP contribution in [-0.2, 0) is 28.4 Å². The van der Waals surface area contributed by atoms with Gasteiger partial charge >= 0.3 is 0 Å². The van der Waals surface area contributed by atoms with E-state index in [1.54, 1.807) is 14.2 Å². The van der Waals surface area contributed by atoms with Gasteiger partial charge in [0.1, 0.15) is 0 Å². The van der Waals surface area contributed by atoms with Crippen LogP contribution in [0.15, 0.2) is 0 Å². The van der Waals surface area contributed by atoms with Crippen LogP contribution in [0.4, 0.5) is 0 Å². The monoisotopic (exact) mass is 539 g/mol. The van der Waals surface area contributed by atoms with Crippen molar-refractivity contribution in [1.29, 1.82) is 0 Å². The van der Waals surface area contributed by atoms with Crippen LogP contribution < -0.4 is 0 Å². The zero-order valence-electron chi connectivity index (χ0n) is 24.9. The van der Waals surface area contributed by atoms with E-state index in [1.807, 2.05) is 0 Å². The minimum Gasteiger partial charge on any atom is -0.353 e. The fourth-order valence-corrected chi connectivity index (χ4v) is 5.37. The molecule has 2 saturated heterocycles. The molecule has 0 bridgehead atoms. The van der Waals surface area contributed by atoms with Crippen molar-refractivity contribution in [2.75, 3.05) is 40.6 Å². The first kappa shape index (κ1) is 43.8. The summed E-state index contributed by atoms with van der Waals surface area (Å²) in [6, 6.07) is 0. The summed E-state index contributed by atoms with van der Waals surface area (Å²) >= 11 is 0. The van der Waals surface area contributed by atoms with E-state index in [2.05, 4.69) is 83.1 Å². The molecule has 2 aliphatic rings. The number of hydrogen-bond acceptors (Lipinski definition) is 6. The molecule has 0 aromatic rings. The van der Waals surface area contributed by atoms with Gasteiger partial charge < -0.3 is 28.4 Å². The maximum Gasteiger partial charge on any atom is 0.172 e. The lowest BCUT2D eigenvalue weighted by Gasteiger charge is -2.43. The van der Waals surface area contributed by atoms with Crippen LogP contribution in [0.25, 0.3) is 0 Å². The van der Waals surface area contributed by atoms with Gasteiger partial charge in [-0.2, -0.15) is 0 Å². The van der Waals surface area contributed by atoms with E-state index in [-0.39, 0.29) is 33.9 Å². The highest BCUT2D eigenvalue weighted by atomic mass is 16.7. The summed E-state index contributed by atoms with van der Waals surface area (Å²) < 4.78 is 33.6. The van der Waals surface area contributed by atoms with Gasteiger partial charge in [0.05, 0.1) is 26.4 Å². The van der Waals surface area contributed by atoms with Crippen molar-refractivity contribution in [2.45, 2.75) is 129 Å². The molecule has 0 aliphatic carbocycles. The minimum atomic E-state index is -0.417. The molecule has 0 saturated carbocycles. The Labute approximate surface area is 233 Å². The predicted molar refractivity (Wildman–Crippen MR) is 160 cm³/mol. The van der Waals surface area contributed by atoms with Crippen LogP contribution in [0, 0.1) is 35.5 Å². The number of hydrogen-bond donors (Lipinski definition) is 0. The summed E-state index contributed by atoms with van der Waals surface area (Å²) in [5.74, 6) is 1.43. The lowest BCUT2D eigenvalue weighted by Crippen LogP contribution is -2.49. The van der Waals surface area contributed by atoms with E-state index in [4.69, 9.17) is 28.4 Å². The zero-order valence-corrected chi connectivity index (χ0v) is 24.9. The number of methoxy groups -OCH3 is 2. The molecular formula is C31H70O6. The van der Waals surface area contributed by atoms with Crippen molar-refractivity contribution in [3.8, 4) is 0 Å². The van der Waals surface area contributed by atoms with Crippen LogP contribution in [-0.4, -0.2) is 58.0 Å². The Balaban J connectivity index is -0.000000212. The third kappa shape index (κ3) is 11.0. The molecule has 0 atom stereocenters. The Bertz CT molecular complexity index is 468. The van der Waals surface area contributed by atoms with Gasteiger partial charge in [0.15, 0.2) is 17.4 Å². The van der Waals surface area contributed by atoms with Crippen LogP contribution in [0.2, 0.25) is 0 Å². The van der Waals surface area contributed by atoms with Gasteiger partial charge in [-0.05, 0) is 6.42 Å². The third-order valence-corrected chi connectivity index (χ3v) is 7.15. The van der Waals surface area contributed by atoms with Crippen molar-refractivity contribution >= 4 is 0 Å². The Morgan fingerprint density at radius 3 is 0.865 bits per heavy atom. The number of rotatable bonds is 8. The molecule has 2 fully saturated rings. The molecule has 2 rings (SSSR count). The normalized spacial score (nSPS) is 18.5. The molecule has 0 aromatic carbocycles. The molecule has 0 spiro atoms. The Kier molecular flexibility index (Phi) is 23.4. The van der Waals surface area contributed by atoms with Crippen LogP contribution in [0.3, 0.4) is 0 Å². The van der Waals surface area contributed by atoms with Gasteiger partial charge in [-0.3, -0.25) is 0 Å². The van der Waals surface area contributed by atoms with Crippen LogP contribution >= 0.6 is 0 Å². The lowest BCUT2D eigenvalue weighted by molar-refractivity contribution is -0.310. The van der Waals surface area contributed by atoms with Crippen molar-refractivity contribution < 1.29 is 28.4 Å². The van der Waals surface area contributed by atoms with E-state index >= 15 is 0 Å². The Morgan fingerprint density at radius 1 is 0.486 bits per heavy atom. The summed E-state index contributed by atoms with van der Waals surface area (Å²) in [4.78, 5) is 0. The van der Waals surface area contributed by atoms with Gasteiger partial charge in [0, 0.05) is 49.7 Å². The smallest absolute Gasteiger partial charge is 0.172 e. The molecular weight excluding hydrogens is 468 g/mol. The van der Waals surface area contributed by atoms with Crippen molar-refractivity contribution in [1.82, 2.24) is 0 Å². The zero-order chi connectivity index (χ0) is 26.7. The van der Waals surface area contributed by atoms with E-state index in [1.165, 1.54) is 0 Å². The molecule has 0 unspecified atom stereocenters. The van der Waals surface area contributed by atoms with E-state index < -0.39 is 5.79 Å². The van der Waals surface area contributed by atoms with Crippen LogP contribution in [0.1, 0.15) is 112 Å². The second-order valence-electron chi connectivity index (χ2n) is 11.2. The second kappa shape index (κ2) is 19.8. The molecule has 37 heavy (non-hydrogen) atoms. The summed E-state index contributed by atoms with van der Waals surface area (Å²) in [6.45, 7) is 28.8. The summed E-state index contributed by atoms with van der Waals surface area (Å²) in [5.41, 5.74) is 0. The molecule has 6 nitrogen and oxygen atoms in total. The highest BCUT2D eigenvalue weighted by molar-refractivity contribution is 4.81. The van der Waals surface area contributed by atoms with E-state index in [0.717, 1.165) is 32.8 Å². The van der Waals surface area contributed by atoms with Gasteiger partial charge in [0.2, 0.25) is 0 Å². The topological polar surface area (TPSA) is 55.4 Å². The maximum atomic E-state index is 5.77. The summed E-state index contributed by atoms with van der Waals surface area (Å²) in [7, 11) is 3.40. The standard InChI is InChI=1S/C10H20O2.C9H18O2.C9H20O2.3CH4/c1-8(2)10(9(3)4)11-6-5-7-12-10;1-7(2)9(8(3)4)10-5-6-11-9;1-7(2)9(10-5,11-6)8(3)4;;;/h8-9H,5-7H2,1-4H3;7-8H,5-6H2,1-4H3;7-8H,1-6H3;3*1H4. The molecule has 230 valence electrons. The highest BCUT2D eigenvalue weighted by Crippen LogP contribution is 2.35. The lowest BCUT2D eigenvalue weighted by atomic mass is 9.90. The number of ether oxygens (including phenoxy) is 6. The fraction of sp³-hybridized carbons (Fsp3) is 1.00. The molecule has 2 aliphatic heterocycles. The van der Waals surface area contributed by atoms with E-state index in [0.29, 0.717) is 35.5 Å². The Hall–Kier alpha value is -0.240. The minimum absolute atomic E-state index is 0. The first-order chi connectivity index (χ1) is 15.7. The van der Waals surface area contributed by atoms with Crippen molar-refractivity contribution in [2.24, 2.45) is 35.5 Å². The van der Waals surface area contributed by atoms with Gasteiger partial charge in [-0.15, -0.1) is 0 Å². The summed E-state index contributed by atoms with van der Waals surface area (Å²) in [6.07, 6.45) is 1.03. The second-order valence-corrected chi connectivity index (χ2v) is 11.2. The van der Waals surface area contributed by atoms with Crippen molar-refractivity contribution in [3.63, 3.8) is 0 Å². The fourth-order valence-electron chi connectivity index (χ4n) is 5.37. The largest absolute Gasteiger partial charge is 0.353 e. The van der Waals surface area contributed by atoms with Gasteiger partial charge in [-0.1, -0.05) is 105 Å². The molecule has 0 amide bonds. The first-order valence-electron chi connectivity index (χ1n) is 13.4. The molecule has 0 N–H and O–H groups in total. The highest BCUT2D eigenvalue weighted by Gasteiger charge is 2.43. The molecule has 6 heteroatoms. The van der Waals surface area contributed by atoms with Crippen LogP contribution in [0.5, 0.6) is 0 Å². The van der Waals surface area contributed by atoms with E-state index in [9.17, 15) is 0 Å². The summed E-state index contributed by atoms with van der Waals surface area (Å²) in [5, 5.41) is 0. The first-order valence-corrected chi connectivity index (χ1v) is 13.4. The van der Waals surface area contributed by atoms with Gasteiger partial charge in [-0.25, -0.2) is 0 Å². The molecule has 0 radical (unpaired) electrons. The average Bonchev–Trinajstić information content (AvgIpc) is 3.27. The Morgan fingerprint density at radius 2 is 0.730 bits per heavy atom. The third-order valence-electron chi connectivity index (χ3n) is 7.15. The average molecular weight is 539 g/mol. The SMILES string of the molecule is C.C.C.CC(C)C1(C(C)C)OCCCO1.CC(C)C1(C(C)C)OCCO1.COC(OC)(C(C)C)C(C)C. The maximum absolute atomic E-state index is 5.77. The molecule has 2 heterocycles. The van der Waals surface area contributed by atoms with Gasteiger partial charge in [0.25, 0.3) is 0 Å². The predicted octanol–water partition coefficient (Wildman–Crippen LogP) is 8.67. The van der Waals surface area contributed by atoms with Crippen molar-refractivity contribution in [3.05, 3.63) is 0 Å². The quantitative estimate of drug-likeness (QED) is 0.288. The molecule has 0 aromatic heterocycles.